The van der Waals surface area contributed by atoms with Crippen molar-refractivity contribution in [3.05, 3.63) is 101 Å². The van der Waals surface area contributed by atoms with Gasteiger partial charge in [-0.25, -0.2) is 14.8 Å². The molecule has 40 heavy (non-hydrogen) atoms. The van der Waals surface area contributed by atoms with Gasteiger partial charge in [0.15, 0.2) is 5.71 Å². The summed E-state index contributed by atoms with van der Waals surface area (Å²) in [4.78, 5) is 22.7. The Bertz CT molecular complexity index is 1900. The lowest BCUT2D eigenvalue weighted by molar-refractivity contribution is -0.0597. The minimum absolute atomic E-state index is 0.0488. The quantitative estimate of drug-likeness (QED) is 0.199. The van der Waals surface area contributed by atoms with Crippen molar-refractivity contribution in [2.45, 2.75) is 24.4 Å². The van der Waals surface area contributed by atoms with Crippen molar-refractivity contribution in [2.24, 2.45) is 5.16 Å². The van der Waals surface area contributed by atoms with E-state index in [1.54, 1.807) is 25.3 Å². The van der Waals surface area contributed by atoms with Crippen LogP contribution in [-0.2, 0) is 20.8 Å². The summed E-state index contributed by atoms with van der Waals surface area (Å²) < 4.78 is 70.9. The van der Waals surface area contributed by atoms with Gasteiger partial charge in [0.25, 0.3) is 0 Å². The number of H-pyrrole nitrogens is 1. The molecule has 5 aromatic rings. The molecule has 13 heteroatoms. The Hall–Kier alpha value is -4.78. The van der Waals surface area contributed by atoms with Gasteiger partial charge in [-0.05, 0) is 42.8 Å². The summed E-state index contributed by atoms with van der Waals surface area (Å²) in [6.07, 6.45) is -3.42. The van der Waals surface area contributed by atoms with E-state index in [0.717, 1.165) is 17.0 Å². The molecule has 0 fully saturated rings. The van der Waals surface area contributed by atoms with Crippen LogP contribution in [0.1, 0.15) is 32.9 Å². The predicted octanol–water partition coefficient (Wildman–Crippen LogP) is 5.38. The third-order valence-corrected chi connectivity index (χ3v) is 7.14. The number of hydrogen-bond donors (Lipinski definition) is 2. The number of carboxylic acid groups (broad SMARTS) is 1. The van der Waals surface area contributed by atoms with Crippen molar-refractivity contribution in [1.29, 1.82) is 0 Å². The number of aromatic nitrogens is 3. The Morgan fingerprint density at radius 3 is 2.48 bits per heavy atom. The molecule has 0 aliphatic rings. The van der Waals surface area contributed by atoms with Crippen LogP contribution in [0.4, 0.5) is 13.2 Å². The van der Waals surface area contributed by atoms with Crippen LogP contribution < -0.4 is 0 Å². The number of hydrogen-bond acceptors (Lipinski definition) is 7. The van der Waals surface area contributed by atoms with Gasteiger partial charge in [-0.2, -0.15) is 21.6 Å². The molecule has 2 aromatic heterocycles. The summed E-state index contributed by atoms with van der Waals surface area (Å²) in [6, 6.07) is 15.2. The number of oxime groups is 1. The molecule has 3 aromatic carbocycles. The first-order chi connectivity index (χ1) is 18.9. The monoisotopic (exact) mass is 568 g/mol. The van der Waals surface area contributed by atoms with E-state index in [9.17, 15) is 31.5 Å². The Balaban J connectivity index is 1.43. The number of nitrogens with one attached hydrogen (secondary N) is 1. The lowest BCUT2D eigenvalue weighted by Crippen LogP contribution is -2.25. The van der Waals surface area contributed by atoms with Crippen molar-refractivity contribution < 1.29 is 35.8 Å². The normalized spacial score (nSPS) is 12.7. The first-order valence-corrected chi connectivity index (χ1v) is 13.1. The summed E-state index contributed by atoms with van der Waals surface area (Å²) in [5.74, 6) is -0.787. The Kier molecular flexibility index (Phi) is 6.75. The molecule has 2 heterocycles. The number of benzene rings is 3. The molecule has 0 radical (unpaired) electrons. The van der Waals surface area contributed by atoms with Crippen LogP contribution in [0, 0.1) is 6.92 Å². The summed E-state index contributed by atoms with van der Waals surface area (Å²) in [7, 11) is -4.58. The van der Waals surface area contributed by atoms with Gasteiger partial charge in [0.1, 0.15) is 16.4 Å². The second-order valence-corrected chi connectivity index (χ2v) is 10.4. The Labute approximate surface area is 225 Å². The average molecular weight is 569 g/mol. The van der Waals surface area contributed by atoms with Gasteiger partial charge in [-0.15, -0.1) is 0 Å². The van der Waals surface area contributed by atoms with Crippen LogP contribution in [-0.4, -0.2) is 46.3 Å². The van der Waals surface area contributed by atoms with Crippen molar-refractivity contribution in [1.82, 2.24) is 15.0 Å². The highest BCUT2D eigenvalue weighted by Crippen LogP contribution is 2.27. The van der Waals surface area contributed by atoms with E-state index >= 15 is 0 Å². The van der Waals surface area contributed by atoms with Crippen LogP contribution >= 0.6 is 0 Å². The largest absolute Gasteiger partial charge is 0.478 e. The van der Waals surface area contributed by atoms with Gasteiger partial charge >= 0.3 is 22.3 Å². The van der Waals surface area contributed by atoms with Crippen LogP contribution in [0.3, 0.4) is 0 Å². The van der Waals surface area contributed by atoms with Gasteiger partial charge < -0.3 is 10.1 Å². The highest BCUT2D eigenvalue weighted by atomic mass is 32.2. The van der Waals surface area contributed by atoms with Crippen LogP contribution in [0.15, 0.2) is 83.0 Å². The molecule has 0 spiro atoms. The van der Waals surface area contributed by atoms with Gasteiger partial charge in [0.05, 0.1) is 5.56 Å². The van der Waals surface area contributed by atoms with Crippen molar-refractivity contribution in [3.8, 4) is 0 Å². The van der Waals surface area contributed by atoms with Gasteiger partial charge in [0, 0.05) is 34.5 Å². The molecule has 0 aliphatic heterocycles. The predicted molar refractivity (Wildman–Crippen MR) is 140 cm³/mol. The van der Waals surface area contributed by atoms with Gasteiger partial charge in [-0.1, -0.05) is 47.1 Å². The van der Waals surface area contributed by atoms with Crippen LogP contribution in [0.2, 0.25) is 0 Å². The van der Waals surface area contributed by atoms with E-state index < -0.39 is 33.5 Å². The number of aromatic carboxylic acids is 1. The molecule has 204 valence electrons. The molecule has 0 amide bonds. The van der Waals surface area contributed by atoms with E-state index in [1.165, 1.54) is 48.5 Å². The van der Waals surface area contributed by atoms with Crippen molar-refractivity contribution >= 4 is 43.7 Å². The molecule has 0 saturated carbocycles. The van der Waals surface area contributed by atoms with E-state index in [1.807, 2.05) is 0 Å². The molecule has 0 unspecified atom stereocenters. The highest BCUT2D eigenvalue weighted by molar-refractivity contribution is 7.86. The van der Waals surface area contributed by atoms with E-state index in [2.05, 4.69) is 24.4 Å². The van der Waals surface area contributed by atoms with Crippen molar-refractivity contribution in [2.75, 3.05) is 0 Å². The van der Waals surface area contributed by atoms with E-state index in [4.69, 9.17) is 0 Å². The first-order valence-electron chi connectivity index (χ1n) is 11.7. The average Bonchev–Trinajstić information content (AvgIpc) is 3.25. The van der Waals surface area contributed by atoms with E-state index in [-0.39, 0.29) is 16.9 Å². The Morgan fingerprint density at radius 1 is 1.02 bits per heavy atom. The third kappa shape index (κ3) is 5.50. The van der Waals surface area contributed by atoms with Crippen molar-refractivity contribution in [3.63, 3.8) is 0 Å². The maximum absolute atomic E-state index is 13.9. The maximum Gasteiger partial charge on any atom is 0.437 e. The summed E-state index contributed by atoms with van der Waals surface area (Å²) >= 11 is 0. The maximum atomic E-state index is 13.9. The van der Waals surface area contributed by atoms with Gasteiger partial charge in [0.2, 0.25) is 0 Å². The fourth-order valence-electron chi connectivity index (χ4n) is 4.05. The van der Waals surface area contributed by atoms with Gasteiger partial charge in [-0.3, -0.25) is 4.28 Å². The first kappa shape index (κ1) is 26.8. The zero-order valence-electron chi connectivity index (χ0n) is 20.6. The number of carbonyl (C=O) groups is 1. The number of aryl methyl sites for hydroxylation is 1. The molecular formula is C27H19F3N4O5S. The molecular weight excluding hydrogens is 549 g/mol. The Morgan fingerprint density at radius 2 is 1.77 bits per heavy atom. The zero-order chi connectivity index (χ0) is 28.7. The topological polar surface area (TPSA) is 135 Å². The minimum Gasteiger partial charge on any atom is -0.478 e. The minimum atomic E-state index is -5.02. The number of alkyl halides is 3. The number of aromatic amines is 1. The smallest absolute Gasteiger partial charge is 0.437 e. The molecule has 9 nitrogen and oxygen atoms in total. The standard InChI is InChI=1S/C27H19F3N4O5S/c1-15-5-8-19(9-6-15)40(37,38)39-34-24(27(28,29)30)17-4-2-3-16(11-17)12-23-31-14-21-20-10-7-18(26(35)36)13-22(20)32-25(21)33-23/h2-11,13-14H,12H2,1H3,(H,35,36)(H,31,32,33). The molecule has 0 aliphatic carbocycles. The number of halogens is 3. The number of carboxylic acids is 1. The summed E-state index contributed by atoms with van der Waals surface area (Å²) in [6.45, 7) is 1.73. The number of nitrogens with zero attached hydrogens (tertiary/aromatic N) is 3. The van der Waals surface area contributed by atoms with Crippen LogP contribution in [0.5, 0.6) is 0 Å². The van der Waals surface area contributed by atoms with E-state index in [0.29, 0.717) is 27.9 Å². The third-order valence-electron chi connectivity index (χ3n) is 6.02. The highest BCUT2D eigenvalue weighted by Gasteiger charge is 2.38. The number of rotatable bonds is 7. The molecule has 5 rings (SSSR count). The summed E-state index contributed by atoms with van der Waals surface area (Å²) in [5.41, 5.74) is 0.320. The fourth-order valence-corrected chi connectivity index (χ4v) is 4.78. The second-order valence-electron chi connectivity index (χ2n) is 8.90. The number of fused-ring (bicyclic) bond motifs is 3. The second kappa shape index (κ2) is 10.1. The molecule has 0 saturated heterocycles. The lowest BCUT2D eigenvalue weighted by atomic mass is 10.0. The molecule has 0 atom stereocenters. The molecule has 0 bridgehead atoms. The lowest BCUT2D eigenvalue weighted by Gasteiger charge is -2.12. The fraction of sp³-hybridized carbons (Fsp3) is 0.111. The van der Waals surface area contributed by atoms with Crippen LogP contribution in [0.25, 0.3) is 21.9 Å². The SMILES string of the molecule is Cc1ccc(S(=O)(=O)ON=C(c2cccc(Cc3ncc4c(n3)[nH]c3cc(C(=O)O)ccc34)c2)C(F)(F)F)cc1. The molecule has 2 N–H and O–H groups in total. The zero-order valence-corrected chi connectivity index (χ0v) is 21.4. The summed E-state index contributed by atoms with van der Waals surface area (Å²) in [5, 5.41) is 13.6.